The van der Waals surface area contributed by atoms with Crippen molar-refractivity contribution in [3.63, 3.8) is 0 Å². The van der Waals surface area contributed by atoms with Gasteiger partial charge in [0.2, 0.25) is 0 Å². The van der Waals surface area contributed by atoms with Crippen molar-refractivity contribution in [3.05, 3.63) is 29.6 Å². The van der Waals surface area contributed by atoms with Gasteiger partial charge < -0.3 is 4.74 Å². The third kappa shape index (κ3) is 4.05. The van der Waals surface area contributed by atoms with E-state index >= 15 is 0 Å². The second-order valence-corrected chi connectivity index (χ2v) is 3.33. The van der Waals surface area contributed by atoms with Crippen LogP contribution in [0.5, 0.6) is 5.75 Å². The molecule has 0 aromatic heterocycles. The molecule has 0 N–H and O–H groups in total. The van der Waals surface area contributed by atoms with Gasteiger partial charge in [-0.1, -0.05) is 6.92 Å². The summed E-state index contributed by atoms with van der Waals surface area (Å²) in [6, 6.07) is 3.10. The molecule has 0 saturated carbocycles. The summed E-state index contributed by atoms with van der Waals surface area (Å²) in [7, 11) is 0. The molecule has 6 heteroatoms. The zero-order valence-electron chi connectivity index (χ0n) is 8.97. The monoisotopic (exact) mass is 250 g/mol. The van der Waals surface area contributed by atoms with E-state index < -0.39 is 24.3 Å². The first-order valence-corrected chi connectivity index (χ1v) is 4.86. The van der Waals surface area contributed by atoms with Crippen LogP contribution in [0.15, 0.2) is 18.2 Å². The van der Waals surface area contributed by atoms with Gasteiger partial charge in [0.05, 0.1) is 0 Å². The Kier molecular flexibility index (Phi) is 4.09. The second-order valence-electron chi connectivity index (χ2n) is 3.33. The maximum atomic E-state index is 13.1. The van der Waals surface area contributed by atoms with Crippen LogP contribution < -0.4 is 4.74 Å². The van der Waals surface area contributed by atoms with Crippen LogP contribution in [0.1, 0.15) is 23.7 Å². The molecule has 0 atom stereocenters. The number of carbonyl (C=O) groups excluding carboxylic acids is 1. The van der Waals surface area contributed by atoms with Gasteiger partial charge in [0, 0.05) is 12.0 Å². The van der Waals surface area contributed by atoms with Crippen molar-refractivity contribution < 1.29 is 27.1 Å². The molecule has 0 radical (unpaired) electrons. The van der Waals surface area contributed by atoms with Crippen LogP contribution in [0.25, 0.3) is 0 Å². The Morgan fingerprint density at radius 2 is 2.00 bits per heavy atom. The first kappa shape index (κ1) is 13.5. The molecule has 1 rings (SSSR count). The highest BCUT2D eigenvalue weighted by atomic mass is 19.4. The van der Waals surface area contributed by atoms with Gasteiger partial charge in [0.25, 0.3) is 0 Å². The fourth-order valence-corrected chi connectivity index (χ4v) is 1.15. The van der Waals surface area contributed by atoms with Crippen molar-refractivity contribution in [2.45, 2.75) is 19.5 Å². The maximum absolute atomic E-state index is 13.1. The first-order valence-electron chi connectivity index (χ1n) is 4.86. The van der Waals surface area contributed by atoms with Crippen molar-refractivity contribution in [3.8, 4) is 5.75 Å². The molecule has 2 nitrogen and oxygen atoms in total. The molecule has 1 aromatic rings. The summed E-state index contributed by atoms with van der Waals surface area (Å²) in [6.45, 7) is 0.00955. The Morgan fingerprint density at radius 3 is 2.53 bits per heavy atom. The number of ketones is 1. The first-order chi connectivity index (χ1) is 7.83. The summed E-state index contributed by atoms with van der Waals surface area (Å²) in [4.78, 5) is 11.3. The predicted octanol–water partition coefficient (Wildman–Crippen LogP) is 3.36. The summed E-state index contributed by atoms with van der Waals surface area (Å²) in [5.41, 5.74) is 0.131. The van der Waals surface area contributed by atoms with E-state index in [0.717, 1.165) is 12.1 Å². The van der Waals surface area contributed by atoms with Crippen LogP contribution >= 0.6 is 0 Å². The third-order valence-corrected chi connectivity index (χ3v) is 1.97. The van der Waals surface area contributed by atoms with Gasteiger partial charge >= 0.3 is 6.18 Å². The van der Waals surface area contributed by atoms with E-state index in [9.17, 15) is 22.4 Å². The Labute approximate surface area is 95.2 Å². The molecule has 1 aromatic carbocycles. The molecule has 0 aliphatic carbocycles. The molecule has 0 unspecified atom stereocenters. The number of halogens is 4. The largest absolute Gasteiger partial charge is 0.481 e. The molecule has 0 aliphatic rings. The average Bonchev–Trinajstić information content (AvgIpc) is 2.26. The van der Waals surface area contributed by atoms with Gasteiger partial charge in [0.15, 0.2) is 24.0 Å². The van der Waals surface area contributed by atoms with E-state index in [0.29, 0.717) is 0 Å². The number of carbonyl (C=O) groups is 1. The van der Waals surface area contributed by atoms with E-state index in [1.807, 2.05) is 0 Å². The number of benzene rings is 1. The number of hydrogen-bond acceptors (Lipinski definition) is 2. The van der Waals surface area contributed by atoms with Crippen LogP contribution in [0.4, 0.5) is 17.6 Å². The zero-order chi connectivity index (χ0) is 13.1. The molecule has 0 fully saturated rings. The van der Waals surface area contributed by atoms with Crippen LogP contribution in [0.2, 0.25) is 0 Å². The standard InChI is InChI=1S/C11H10F4O2/c1-2-9(16)7-3-4-8(12)10(5-7)17-6-11(13,14)15/h3-5H,2,6H2,1H3. The van der Waals surface area contributed by atoms with Crippen LogP contribution in [-0.4, -0.2) is 18.6 Å². The van der Waals surface area contributed by atoms with Gasteiger partial charge in [-0.2, -0.15) is 13.2 Å². The molecular formula is C11H10F4O2. The molecule has 0 aliphatic heterocycles. The normalized spacial score (nSPS) is 11.4. The van der Waals surface area contributed by atoms with E-state index in [2.05, 4.69) is 4.74 Å². The van der Waals surface area contributed by atoms with Crippen molar-refractivity contribution in [1.82, 2.24) is 0 Å². The SMILES string of the molecule is CCC(=O)c1ccc(F)c(OCC(F)(F)F)c1. The number of hydrogen-bond donors (Lipinski definition) is 0. The summed E-state index contributed by atoms with van der Waals surface area (Å²) < 4.78 is 53.0. The Morgan fingerprint density at radius 1 is 1.35 bits per heavy atom. The number of rotatable bonds is 4. The molecule has 94 valence electrons. The summed E-state index contributed by atoms with van der Waals surface area (Å²) in [5.74, 6) is -1.79. The van der Waals surface area contributed by atoms with Gasteiger partial charge in [-0.25, -0.2) is 4.39 Å². The highest BCUT2D eigenvalue weighted by molar-refractivity contribution is 5.96. The van der Waals surface area contributed by atoms with Crippen molar-refractivity contribution in [2.24, 2.45) is 0 Å². The smallest absolute Gasteiger partial charge is 0.422 e. The molecule has 17 heavy (non-hydrogen) atoms. The quantitative estimate of drug-likeness (QED) is 0.605. The molecular weight excluding hydrogens is 240 g/mol. The molecule has 0 bridgehead atoms. The van der Waals surface area contributed by atoms with E-state index in [-0.39, 0.29) is 17.8 Å². The predicted molar refractivity (Wildman–Crippen MR) is 52.6 cm³/mol. The van der Waals surface area contributed by atoms with Crippen LogP contribution in [-0.2, 0) is 0 Å². The maximum Gasteiger partial charge on any atom is 0.422 e. The van der Waals surface area contributed by atoms with Crippen molar-refractivity contribution in [1.29, 1.82) is 0 Å². The third-order valence-electron chi connectivity index (χ3n) is 1.97. The molecule has 0 saturated heterocycles. The van der Waals surface area contributed by atoms with Gasteiger partial charge in [-0.3, -0.25) is 4.79 Å². The Hall–Kier alpha value is -1.59. The van der Waals surface area contributed by atoms with E-state index in [1.54, 1.807) is 6.92 Å². The van der Waals surface area contributed by atoms with Gasteiger partial charge in [0.1, 0.15) is 0 Å². The van der Waals surface area contributed by atoms with E-state index in [4.69, 9.17) is 0 Å². The summed E-state index contributed by atoms with van der Waals surface area (Å²) >= 11 is 0. The van der Waals surface area contributed by atoms with Gasteiger partial charge in [-0.15, -0.1) is 0 Å². The minimum atomic E-state index is -4.54. The lowest BCUT2D eigenvalue weighted by atomic mass is 10.1. The van der Waals surface area contributed by atoms with Crippen molar-refractivity contribution >= 4 is 5.78 Å². The lowest BCUT2D eigenvalue weighted by molar-refractivity contribution is -0.153. The topological polar surface area (TPSA) is 26.3 Å². The highest BCUT2D eigenvalue weighted by Gasteiger charge is 2.29. The molecule has 0 heterocycles. The van der Waals surface area contributed by atoms with Gasteiger partial charge in [-0.05, 0) is 18.2 Å². The number of Topliss-reactive ketones (excluding diaryl/α,β-unsaturated/α-hetero) is 1. The fraction of sp³-hybridized carbons (Fsp3) is 0.364. The fourth-order valence-electron chi connectivity index (χ4n) is 1.15. The lowest BCUT2D eigenvalue weighted by Crippen LogP contribution is -2.19. The van der Waals surface area contributed by atoms with Crippen LogP contribution in [0.3, 0.4) is 0 Å². The number of alkyl halides is 3. The molecule has 0 amide bonds. The van der Waals surface area contributed by atoms with Crippen molar-refractivity contribution in [2.75, 3.05) is 6.61 Å². The van der Waals surface area contributed by atoms with Crippen LogP contribution in [0, 0.1) is 5.82 Å². The Balaban J connectivity index is 2.87. The Bertz CT molecular complexity index is 412. The van der Waals surface area contributed by atoms with E-state index in [1.165, 1.54) is 6.07 Å². The number of ether oxygens (including phenoxy) is 1. The summed E-state index contributed by atoms with van der Waals surface area (Å²) in [5, 5.41) is 0. The minimum absolute atomic E-state index is 0.131. The second kappa shape index (κ2) is 5.16. The summed E-state index contributed by atoms with van der Waals surface area (Å²) in [6.07, 6.45) is -4.36. The average molecular weight is 250 g/mol. The molecule has 0 spiro atoms. The zero-order valence-corrected chi connectivity index (χ0v) is 8.97. The lowest BCUT2D eigenvalue weighted by Gasteiger charge is -2.10. The minimum Gasteiger partial charge on any atom is -0.481 e. The highest BCUT2D eigenvalue weighted by Crippen LogP contribution is 2.23.